The fourth-order valence-corrected chi connectivity index (χ4v) is 17.6. The summed E-state index contributed by atoms with van der Waals surface area (Å²) in [5, 5.41) is 16.7. The zero-order valence-corrected chi connectivity index (χ0v) is 79.6. The minimum atomic E-state index is -0.108. The Labute approximate surface area is 822 Å². The number of hydrogen-bond acceptors (Lipinski definition) is 26. The first-order chi connectivity index (χ1) is 69.8. The Morgan fingerprint density at radius 1 is 0.392 bits per heavy atom. The number of likely N-dealkylation sites (tertiary alicyclic amines) is 2. The lowest BCUT2D eigenvalue weighted by Crippen LogP contribution is -2.48. The quantitative estimate of drug-likeness (QED) is 0.0278. The molecule has 0 aliphatic carbocycles. The summed E-state index contributed by atoms with van der Waals surface area (Å²) in [4.78, 5) is 166. The van der Waals surface area contributed by atoms with Gasteiger partial charge in [-0.3, -0.25) is 58.5 Å². The van der Waals surface area contributed by atoms with Gasteiger partial charge in [-0.2, -0.15) is 0 Å². The number of rotatable bonds is 24. The Morgan fingerprint density at radius 3 is 1.20 bits per heavy atom. The molecule has 0 radical (unpaired) electrons. The van der Waals surface area contributed by atoms with Gasteiger partial charge in [-0.25, -0.2) is 49.8 Å². The number of piperazine rings is 1. The first kappa shape index (κ1) is 94.3. The number of piperidine rings is 1. The van der Waals surface area contributed by atoms with E-state index in [1.165, 1.54) is 0 Å². The molecule has 6 amide bonds. The van der Waals surface area contributed by atoms with Crippen molar-refractivity contribution in [2.24, 2.45) is 14.1 Å². The summed E-state index contributed by atoms with van der Waals surface area (Å²) in [6.45, 7) is 10.0. The predicted molar refractivity (Wildman–Crippen MR) is 546 cm³/mol. The number of fused-ring (bicyclic) bond motifs is 4. The van der Waals surface area contributed by atoms with E-state index in [0.29, 0.717) is 98.2 Å². The molecule has 0 atom stereocenters. The number of aryl methyl sites for hydroxylation is 2. The average molecular weight is 1910 g/mol. The van der Waals surface area contributed by atoms with Crippen LogP contribution in [0.1, 0.15) is 85.6 Å². The van der Waals surface area contributed by atoms with Crippen LogP contribution in [0.25, 0.3) is 89.2 Å². The van der Waals surface area contributed by atoms with Gasteiger partial charge >= 0.3 is 0 Å². The molecule has 722 valence electrons. The molecule has 0 unspecified atom stereocenters. The summed E-state index contributed by atoms with van der Waals surface area (Å²) in [5.41, 5.74) is 16.1. The van der Waals surface area contributed by atoms with Crippen LogP contribution >= 0.6 is 0 Å². The summed E-state index contributed by atoms with van der Waals surface area (Å²) in [5.74, 6) is 3.17. The van der Waals surface area contributed by atoms with Gasteiger partial charge in [0.15, 0.2) is 0 Å². The van der Waals surface area contributed by atoms with E-state index >= 15 is 0 Å². The fraction of sp³-hybridized carbons (Fsp3) is 0.238. The second-order valence-electron chi connectivity index (χ2n) is 35.4. The Kier molecular flexibility index (Phi) is 28.7. The van der Waals surface area contributed by atoms with Crippen molar-refractivity contribution in [3.05, 3.63) is 303 Å². The summed E-state index contributed by atoms with van der Waals surface area (Å²) < 4.78 is 3.94. The lowest BCUT2D eigenvalue weighted by atomic mass is 10.0. The number of nitrogens with zero attached hydrogens (tertiary/aromatic N) is 24. The normalized spacial score (nSPS) is 14.2. The van der Waals surface area contributed by atoms with Crippen molar-refractivity contribution in [1.29, 1.82) is 0 Å². The number of aromatic amines is 4. The molecular weight excluding hydrogens is 1810 g/mol. The van der Waals surface area contributed by atoms with Crippen LogP contribution < -0.4 is 21.3 Å². The molecule has 22 rings (SSSR count). The van der Waals surface area contributed by atoms with Gasteiger partial charge in [0, 0.05) is 267 Å². The molecule has 4 aliphatic rings. The number of anilines is 8. The van der Waals surface area contributed by atoms with Crippen molar-refractivity contribution in [2.45, 2.75) is 51.2 Å². The lowest BCUT2D eigenvalue weighted by molar-refractivity contribution is -0.129. The highest BCUT2D eigenvalue weighted by Gasteiger charge is 2.32. The minimum absolute atomic E-state index is 0.0220. The number of likely N-dealkylation sites (N-methyl/N-ethyl adjacent to an activating group) is 2. The number of pyridine rings is 4. The fourth-order valence-electron chi connectivity index (χ4n) is 17.6. The largest absolute Gasteiger partial charge is 0.351 e. The summed E-state index contributed by atoms with van der Waals surface area (Å²) >= 11 is 0. The number of hydrogen-bond donors (Lipinski definition) is 8. The van der Waals surface area contributed by atoms with Gasteiger partial charge in [0.25, 0.3) is 23.6 Å². The lowest BCUT2D eigenvalue weighted by Gasteiger charge is -2.37. The van der Waals surface area contributed by atoms with Crippen LogP contribution in [0.15, 0.2) is 269 Å². The molecule has 4 aliphatic heterocycles. The van der Waals surface area contributed by atoms with Crippen LogP contribution in [0.3, 0.4) is 0 Å². The SMILES string of the molecule is CN(CCN1CCCC1=O)C(=O)c1cc2cc(Nc3nccc(-c4ccccn4)n3)ccc2[nH]1.CN(Cc1cncn1C)C(=O)c1cc2cc(Nc3nccc(-c4ccccn4)n3)ccc2[nH]1.CN1CCN(C2CCN(C(=O)c3cc4cc(Nc5nccc(-c6ccccn6)n5)ccc4[nH]3)CC2)CCC1=O.Cn1ccnc1CN1CCN(C(=O)c2cc3cc(Nc4nccc(-c5ccccn5)n4)ccc3[nH]2)CC1. The Hall–Kier alpha value is -17.7. The van der Waals surface area contributed by atoms with Crippen LogP contribution in [0.5, 0.6) is 0 Å². The molecule has 18 heterocycles. The van der Waals surface area contributed by atoms with E-state index in [-0.39, 0.29) is 35.4 Å². The molecular formula is C105H106N32O6. The maximum atomic E-state index is 13.3. The van der Waals surface area contributed by atoms with Crippen LogP contribution in [0.4, 0.5) is 46.5 Å². The van der Waals surface area contributed by atoms with E-state index in [1.807, 2.05) is 256 Å². The number of carbonyl (C=O) groups is 6. The third-order valence-electron chi connectivity index (χ3n) is 25.6. The van der Waals surface area contributed by atoms with E-state index in [2.05, 4.69) is 121 Å². The second kappa shape index (κ2) is 43.6. The summed E-state index contributed by atoms with van der Waals surface area (Å²) in [6, 6.07) is 61.4. The predicted octanol–water partition coefficient (Wildman–Crippen LogP) is 14.2. The van der Waals surface area contributed by atoms with Gasteiger partial charge in [-0.15, -0.1) is 0 Å². The van der Waals surface area contributed by atoms with Gasteiger partial charge in [0.2, 0.25) is 35.6 Å². The number of carbonyl (C=O) groups excluding carboxylic acids is 6. The van der Waals surface area contributed by atoms with Crippen molar-refractivity contribution in [3.63, 3.8) is 0 Å². The van der Waals surface area contributed by atoms with E-state index in [4.69, 9.17) is 0 Å². The third kappa shape index (κ3) is 23.2. The number of imidazole rings is 2. The molecule has 8 N–H and O–H groups in total. The third-order valence-corrected chi connectivity index (χ3v) is 25.6. The number of aromatic nitrogens is 20. The Bertz CT molecular complexity index is 7540. The van der Waals surface area contributed by atoms with Crippen molar-refractivity contribution in [2.75, 3.05) is 121 Å². The number of benzene rings is 4. The van der Waals surface area contributed by atoms with Crippen LogP contribution in [-0.2, 0) is 36.8 Å². The van der Waals surface area contributed by atoms with Gasteiger partial charge in [-0.05, 0) is 189 Å². The molecule has 14 aromatic heterocycles. The first-order valence-electron chi connectivity index (χ1n) is 47.3. The van der Waals surface area contributed by atoms with Gasteiger partial charge in [0.05, 0.1) is 70.7 Å². The van der Waals surface area contributed by atoms with Crippen LogP contribution in [0, 0.1) is 0 Å². The zero-order chi connectivity index (χ0) is 98.2. The second-order valence-corrected chi connectivity index (χ2v) is 35.4. The molecule has 4 saturated heterocycles. The maximum absolute atomic E-state index is 13.3. The summed E-state index contributed by atoms with van der Waals surface area (Å²) in [6.07, 6.45) is 24.9. The highest BCUT2D eigenvalue weighted by Crippen LogP contribution is 2.32. The van der Waals surface area contributed by atoms with Gasteiger partial charge < -0.3 is 79.7 Å². The number of nitrogens with one attached hydrogen (secondary N) is 8. The average Bonchev–Trinajstić information content (AvgIpc) is 1.67. The zero-order valence-electron chi connectivity index (χ0n) is 79.6. The highest BCUT2D eigenvalue weighted by molar-refractivity contribution is 6.02. The van der Waals surface area contributed by atoms with Crippen LogP contribution in [-0.4, -0.2) is 279 Å². The number of H-pyrrole nitrogens is 4. The summed E-state index contributed by atoms with van der Waals surface area (Å²) in [7, 11) is 9.33. The monoisotopic (exact) mass is 1910 g/mol. The van der Waals surface area contributed by atoms with E-state index in [9.17, 15) is 28.8 Å². The molecule has 143 heavy (non-hydrogen) atoms. The standard InChI is InChI=1S/C29H32N8O2.C27H27N9O.C25H25N7O2.C24H22N8O/c1-35-16-17-36(15-10-27(35)38)22-8-13-37(14-9-22)28(39)26-19-20-18-21(5-6-23(20)33-26)32-29-31-12-7-25(34-29)24-4-2-3-11-30-24;1-34-11-10-29-25(34)18-35-12-14-36(15-13-35)26(37)24-17-19-16-20(5-6-21(19)32-24)31-27-30-9-7-23(33-27)22-4-2-3-8-28-22;1-31(13-14-32-12-4-6-23(32)33)24(34)22-16-17-15-18(7-8-19(17)29-22)28-25-27-11-9-21(30-25)20-5-2-3-10-26-20;1-31(14-18-13-25-15-32(18)2)23(33)22-12-16-11-17(6-7-19(16)29-22)28-24-27-10-8-21(30-24)20-5-3-4-9-26-20/h2-7,11-12,18-19,22,33H,8-10,13-17H2,1H3,(H,31,32,34);2-11,16-17,32H,12-15,18H2,1H3,(H,30,31,33);2-3,5,7-11,15-16,29H,4,6,12-14H2,1H3,(H,27,28,30);3-13,15,29H,14H2,1-2H3,(H,27,28,30). The van der Waals surface area contributed by atoms with E-state index in [1.54, 1.807) is 86.0 Å². The Balaban J connectivity index is 0.000000121. The Morgan fingerprint density at radius 2 is 0.811 bits per heavy atom. The van der Waals surface area contributed by atoms with Gasteiger partial charge in [-0.1, -0.05) is 24.3 Å². The van der Waals surface area contributed by atoms with Crippen LogP contribution in [0.2, 0.25) is 0 Å². The van der Waals surface area contributed by atoms with E-state index < -0.39 is 0 Å². The molecule has 4 aromatic carbocycles. The molecule has 38 heteroatoms. The topological polar surface area (TPSA) is 430 Å². The molecule has 38 nitrogen and oxygen atoms in total. The van der Waals surface area contributed by atoms with Crippen molar-refractivity contribution >= 4 is 126 Å². The van der Waals surface area contributed by atoms with Crippen molar-refractivity contribution in [1.82, 2.24) is 138 Å². The molecule has 18 aromatic rings. The first-order valence-corrected chi connectivity index (χ1v) is 47.3. The minimum Gasteiger partial charge on any atom is -0.351 e. The smallest absolute Gasteiger partial charge is 0.270 e. The molecule has 0 saturated carbocycles. The maximum Gasteiger partial charge on any atom is 0.270 e. The van der Waals surface area contributed by atoms with E-state index in [0.717, 1.165) is 202 Å². The number of amides is 6. The van der Waals surface area contributed by atoms with Gasteiger partial charge in [0.1, 0.15) is 28.6 Å². The molecule has 0 spiro atoms. The highest BCUT2D eigenvalue weighted by atomic mass is 16.2. The molecule has 4 fully saturated rings. The van der Waals surface area contributed by atoms with Crippen molar-refractivity contribution in [3.8, 4) is 45.6 Å². The van der Waals surface area contributed by atoms with Crippen molar-refractivity contribution < 1.29 is 28.8 Å². The molecule has 0 bridgehead atoms.